The molecule has 1 fully saturated rings. The maximum absolute atomic E-state index is 12.8. The van der Waals surface area contributed by atoms with Crippen molar-refractivity contribution in [2.24, 2.45) is 0 Å². The molecule has 0 atom stereocenters. The SMILES string of the molecule is COC(=O)c1ccc(NC(=O)c2cc([N+](=O)[O-])ccc2N2CCCC2)cc1. The number of rotatable bonds is 5. The van der Waals surface area contributed by atoms with Crippen LogP contribution >= 0.6 is 0 Å². The Kier molecular flexibility index (Phi) is 5.35. The Bertz CT molecular complexity index is 873. The van der Waals surface area contributed by atoms with Gasteiger partial charge in [-0.15, -0.1) is 0 Å². The molecule has 0 spiro atoms. The molecule has 0 radical (unpaired) electrons. The zero-order valence-electron chi connectivity index (χ0n) is 14.8. The molecule has 1 aliphatic rings. The zero-order valence-corrected chi connectivity index (χ0v) is 14.8. The lowest BCUT2D eigenvalue weighted by Crippen LogP contribution is -2.23. The minimum atomic E-state index is -0.518. The number of hydrogen-bond donors (Lipinski definition) is 1. The van der Waals surface area contributed by atoms with Crippen molar-refractivity contribution in [2.75, 3.05) is 30.4 Å². The predicted octanol–water partition coefficient (Wildman–Crippen LogP) is 3.23. The van der Waals surface area contributed by atoms with Crippen LogP contribution in [-0.4, -0.2) is 37.0 Å². The third kappa shape index (κ3) is 4.05. The minimum Gasteiger partial charge on any atom is -0.465 e. The number of nitro groups is 1. The fourth-order valence-corrected chi connectivity index (χ4v) is 3.06. The molecule has 8 heteroatoms. The summed E-state index contributed by atoms with van der Waals surface area (Å²) in [7, 11) is 1.29. The summed E-state index contributed by atoms with van der Waals surface area (Å²) in [4.78, 5) is 36.9. The highest BCUT2D eigenvalue weighted by molar-refractivity contribution is 6.08. The van der Waals surface area contributed by atoms with Crippen molar-refractivity contribution in [2.45, 2.75) is 12.8 Å². The summed E-state index contributed by atoms with van der Waals surface area (Å²) in [5, 5.41) is 13.8. The molecular formula is C19H19N3O5. The molecule has 140 valence electrons. The van der Waals surface area contributed by atoms with Gasteiger partial charge in [0, 0.05) is 30.9 Å². The monoisotopic (exact) mass is 369 g/mol. The second-order valence-electron chi connectivity index (χ2n) is 6.18. The van der Waals surface area contributed by atoms with Gasteiger partial charge >= 0.3 is 5.97 Å². The highest BCUT2D eigenvalue weighted by atomic mass is 16.6. The molecule has 1 N–H and O–H groups in total. The largest absolute Gasteiger partial charge is 0.465 e. The van der Waals surface area contributed by atoms with Crippen molar-refractivity contribution in [3.8, 4) is 0 Å². The van der Waals surface area contributed by atoms with Crippen molar-refractivity contribution in [3.63, 3.8) is 0 Å². The number of anilines is 2. The lowest BCUT2D eigenvalue weighted by Gasteiger charge is -2.21. The molecule has 1 aliphatic heterocycles. The number of nitrogens with zero attached hydrogens (tertiary/aromatic N) is 2. The maximum atomic E-state index is 12.8. The van der Waals surface area contributed by atoms with E-state index in [-0.39, 0.29) is 11.3 Å². The Morgan fingerprint density at radius 1 is 1.11 bits per heavy atom. The van der Waals surface area contributed by atoms with Crippen LogP contribution in [0.5, 0.6) is 0 Å². The van der Waals surface area contributed by atoms with Crippen LogP contribution in [0.25, 0.3) is 0 Å². The number of carbonyl (C=O) groups is 2. The number of carbonyl (C=O) groups excluding carboxylic acids is 2. The molecule has 27 heavy (non-hydrogen) atoms. The summed E-state index contributed by atoms with van der Waals surface area (Å²) in [6.45, 7) is 1.62. The Labute approximate surface area is 155 Å². The molecule has 2 aromatic rings. The maximum Gasteiger partial charge on any atom is 0.337 e. The van der Waals surface area contributed by atoms with Crippen molar-refractivity contribution < 1.29 is 19.2 Å². The topological polar surface area (TPSA) is 102 Å². The first-order valence-corrected chi connectivity index (χ1v) is 8.52. The van der Waals surface area contributed by atoms with Crippen LogP contribution in [0.2, 0.25) is 0 Å². The molecule has 1 amide bonds. The van der Waals surface area contributed by atoms with Gasteiger partial charge in [0.25, 0.3) is 11.6 Å². The van der Waals surface area contributed by atoms with Gasteiger partial charge in [-0.1, -0.05) is 0 Å². The molecule has 0 aromatic heterocycles. The lowest BCUT2D eigenvalue weighted by molar-refractivity contribution is -0.384. The molecule has 3 rings (SSSR count). The highest BCUT2D eigenvalue weighted by Crippen LogP contribution is 2.29. The molecule has 1 saturated heterocycles. The van der Waals surface area contributed by atoms with E-state index >= 15 is 0 Å². The average molecular weight is 369 g/mol. The normalized spacial score (nSPS) is 13.3. The number of amides is 1. The van der Waals surface area contributed by atoms with Crippen molar-refractivity contribution in [1.29, 1.82) is 0 Å². The van der Waals surface area contributed by atoms with Gasteiger partial charge in [-0.25, -0.2) is 4.79 Å². The number of nitrogens with one attached hydrogen (secondary N) is 1. The fourth-order valence-electron chi connectivity index (χ4n) is 3.06. The Morgan fingerprint density at radius 3 is 2.37 bits per heavy atom. The van der Waals surface area contributed by atoms with E-state index in [0.29, 0.717) is 16.9 Å². The van der Waals surface area contributed by atoms with Crippen LogP contribution in [0.15, 0.2) is 42.5 Å². The summed E-state index contributed by atoms with van der Waals surface area (Å²) in [5.74, 6) is -0.908. The standard InChI is InChI=1S/C19H19N3O5/c1-27-19(24)13-4-6-14(7-5-13)20-18(23)16-12-15(22(25)26)8-9-17(16)21-10-2-3-11-21/h4-9,12H,2-3,10-11H2,1H3,(H,20,23). The second-order valence-corrected chi connectivity index (χ2v) is 6.18. The first kappa shape index (κ1) is 18.4. The molecule has 8 nitrogen and oxygen atoms in total. The van der Waals surface area contributed by atoms with E-state index in [1.54, 1.807) is 18.2 Å². The van der Waals surface area contributed by atoms with Gasteiger partial charge < -0.3 is 15.0 Å². The Balaban J connectivity index is 1.87. The van der Waals surface area contributed by atoms with E-state index in [4.69, 9.17) is 0 Å². The van der Waals surface area contributed by atoms with Crippen molar-refractivity contribution >= 4 is 28.9 Å². The van der Waals surface area contributed by atoms with Gasteiger partial charge in [0.2, 0.25) is 0 Å². The smallest absolute Gasteiger partial charge is 0.337 e. The molecule has 1 heterocycles. The van der Waals surface area contributed by atoms with Gasteiger partial charge in [-0.2, -0.15) is 0 Å². The summed E-state index contributed by atoms with van der Waals surface area (Å²) in [5.41, 5.74) is 1.64. The van der Waals surface area contributed by atoms with E-state index < -0.39 is 16.8 Å². The van der Waals surface area contributed by atoms with Gasteiger partial charge in [-0.3, -0.25) is 14.9 Å². The minimum absolute atomic E-state index is 0.135. The number of esters is 1. The van der Waals surface area contributed by atoms with Gasteiger partial charge in [0.15, 0.2) is 0 Å². The fraction of sp³-hybridized carbons (Fsp3) is 0.263. The van der Waals surface area contributed by atoms with Gasteiger partial charge in [-0.05, 0) is 43.2 Å². The Morgan fingerprint density at radius 2 is 1.78 bits per heavy atom. The summed E-state index contributed by atoms with van der Waals surface area (Å²) in [6.07, 6.45) is 2.04. The van der Waals surface area contributed by atoms with E-state index in [2.05, 4.69) is 15.0 Å². The van der Waals surface area contributed by atoms with E-state index in [0.717, 1.165) is 25.9 Å². The lowest BCUT2D eigenvalue weighted by atomic mass is 10.1. The van der Waals surface area contributed by atoms with E-state index in [1.807, 2.05) is 0 Å². The zero-order chi connectivity index (χ0) is 19.4. The molecule has 0 saturated carbocycles. The number of non-ortho nitro benzene ring substituents is 1. The third-order valence-electron chi connectivity index (χ3n) is 4.45. The van der Waals surface area contributed by atoms with Gasteiger partial charge in [0.1, 0.15) is 0 Å². The predicted molar refractivity (Wildman–Crippen MR) is 100 cm³/mol. The average Bonchev–Trinajstić information content (AvgIpc) is 3.22. The second kappa shape index (κ2) is 7.86. The van der Waals surface area contributed by atoms with Crippen LogP contribution in [0.4, 0.5) is 17.1 Å². The van der Waals surface area contributed by atoms with Gasteiger partial charge in [0.05, 0.1) is 28.8 Å². The summed E-state index contributed by atoms with van der Waals surface area (Å²) >= 11 is 0. The van der Waals surface area contributed by atoms with Crippen LogP contribution in [0.1, 0.15) is 33.6 Å². The summed E-state index contributed by atoms with van der Waals surface area (Å²) < 4.78 is 4.64. The molecular weight excluding hydrogens is 350 g/mol. The Hall–Kier alpha value is -3.42. The van der Waals surface area contributed by atoms with Crippen LogP contribution < -0.4 is 10.2 Å². The van der Waals surface area contributed by atoms with Crippen LogP contribution in [0, 0.1) is 10.1 Å². The molecule has 0 aliphatic carbocycles. The van der Waals surface area contributed by atoms with E-state index in [9.17, 15) is 19.7 Å². The molecule has 0 bridgehead atoms. The van der Waals surface area contributed by atoms with Crippen LogP contribution in [-0.2, 0) is 4.74 Å². The first-order valence-electron chi connectivity index (χ1n) is 8.52. The number of benzene rings is 2. The number of hydrogen-bond acceptors (Lipinski definition) is 6. The molecule has 0 unspecified atom stereocenters. The first-order chi connectivity index (χ1) is 13.0. The van der Waals surface area contributed by atoms with Crippen molar-refractivity contribution in [3.05, 3.63) is 63.7 Å². The number of ether oxygens (including phenoxy) is 1. The number of methoxy groups -OCH3 is 1. The van der Waals surface area contributed by atoms with E-state index in [1.165, 1.54) is 31.4 Å². The molecule has 2 aromatic carbocycles. The highest BCUT2D eigenvalue weighted by Gasteiger charge is 2.22. The van der Waals surface area contributed by atoms with Crippen molar-refractivity contribution in [1.82, 2.24) is 0 Å². The van der Waals surface area contributed by atoms with Crippen LogP contribution in [0.3, 0.4) is 0 Å². The third-order valence-corrected chi connectivity index (χ3v) is 4.45. The quantitative estimate of drug-likeness (QED) is 0.493. The number of nitro benzene ring substituents is 1. The summed E-state index contributed by atoms with van der Waals surface area (Å²) in [6, 6.07) is 10.6.